The van der Waals surface area contributed by atoms with Gasteiger partial charge >= 0.3 is 12.1 Å². The molecule has 0 saturated heterocycles. The molecule has 1 atom stereocenters. The Labute approximate surface area is 148 Å². The van der Waals surface area contributed by atoms with E-state index >= 15 is 0 Å². The van der Waals surface area contributed by atoms with Gasteiger partial charge in [-0.2, -0.15) is 13.2 Å². The number of halogens is 3. The molecule has 0 amide bonds. The normalized spacial score (nSPS) is 19.3. The van der Waals surface area contributed by atoms with Crippen molar-refractivity contribution in [2.75, 3.05) is 0 Å². The van der Waals surface area contributed by atoms with Gasteiger partial charge in [0.1, 0.15) is 11.3 Å². The smallest absolute Gasteiger partial charge is 0.416 e. The van der Waals surface area contributed by atoms with Gasteiger partial charge in [-0.3, -0.25) is 9.98 Å². The number of hydrogen-bond acceptors (Lipinski definition) is 4. The van der Waals surface area contributed by atoms with Gasteiger partial charge in [0.15, 0.2) is 0 Å². The van der Waals surface area contributed by atoms with E-state index in [0.717, 1.165) is 12.1 Å². The third-order valence-electron chi connectivity index (χ3n) is 4.18. The van der Waals surface area contributed by atoms with Crippen molar-refractivity contribution < 1.29 is 22.7 Å². The Balaban J connectivity index is 1.84. The number of nitrogens with zero attached hydrogens (tertiary/aromatic N) is 2. The summed E-state index contributed by atoms with van der Waals surface area (Å²) in [6.07, 6.45) is 2.10. The summed E-state index contributed by atoms with van der Waals surface area (Å²) in [5, 5.41) is 0. The molecule has 3 rings (SSSR count). The summed E-state index contributed by atoms with van der Waals surface area (Å²) in [5.41, 5.74) is -0.771. The highest BCUT2D eigenvalue weighted by molar-refractivity contribution is 6.11. The maximum absolute atomic E-state index is 12.7. The van der Waals surface area contributed by atoms with E-state index < -0.39 is 23.2 Å². The summed E-state index contributed by atoms with van der Waals surface area (Å²) < 4.78 is 43.5. The van der Waals surface area contributed by atoms with Crippen LogP contribution in [0.4, 0.5) is 13.2 Å². The maximum Gasteiger partial charge on any atom is 0.416 e. The molecule has 1 aromatic heterocycles. The second-order valence-electron chi connectivity index (χ2n) is 5.78. The first-order chi connectivity index (χ1) is 12.3. The van der Waals surface area contributed by atoms with Crippen LogP contribution in [-0.4, -0.2) is 17.2 Å². The van der Waals surface area contributed by atoms with Crippen molar-refractivity contribution in [3.05, 3.63) is 71.6 Å². The van der Waals surface area contributed by atoms with Gasteiger partial charge in [0.25, 0.3) is 0 Å². The first-order valence-corrected chi connectivity index (χ1v) is 7.92. The van der Waals surface area contributed by atoms with Crippen LogP contribution < -0.4 is 4.74 Å². The van der Waals surface area contributed by atoms with E-state index in [2.05, 4.69) is 9.98 Å². The van der Waals surface area contributed by atoms with E-state index in [1.165, 1.54) is 30.7 Å². The second kappa shape index (κ2) is 6.74. The monoisotopic (exact) mass is 360 g/mol. The summed E-state index contributed by atoms with van der Waals surface area (Å²) in [6.45, 7) is 1.85. The first-order valence-electron chi connectivity index (χ1n) is 7.92. The van der Waals surface area contributed by atoms with Crippen LogP contribution in [0.3, 0.4) is 0 Å². The molecular weight excluding hydrogens is 345 g/mol. The minimum atomic E-state index is -4.40. The predicted molar refractivity (Wildman–Crippen MR) is 89.9 cm³/mol. The molecule has 7 heteroatoms. The lowest BCUT2D eigenvalue weighted by molar-refractivity contribution is -0.137. The molecule has 0 spiro atoms. The lowest BCUT2D eigenvalue weighted by atomic mass is 9.87. The van der Waals surface area contributed by atoms with Gasteiger partial charge < -0.3 is 4.74 Å². The quantitative estimate of drug-likeness (QED) is 0.763. The molecule has 1 unspecified atom stereocenters. The third kappa shape index (κ3) is 3.51. The van der Waals surface area contributed by atoms with Gasteiger partial charge in [0, 0.05) is 18.6 Å². The number of aromatic nitrogens is 1. The van der Waals surface area contributed by atoms with Crippen LogP contribution in [0.25, 0.3) is 0 Å². The molecule has 2 heterocycles. The number of ether oxygens (including phenoxy) is 1. The highest BCUT2D eigenvalue weighted by Crippen LogP contribution is 2.37. The molecule has 4 nitrogen and oxygen atoms in total. The number of aliphatic imine (C=N–C) groups is 1. The second-order valence-corrected chi connectivity index (χ2v) is 5.78. The van der Waals surface area contributed by atoms with Gasteiger partial charge in [-0.15, -0.1) is 0 Å². The molecule has 134 valence electrons. The number of hydrogen-bond donors (Lipinski definition) is 0. The molecule has 26 heavy (non-hydrogen) atoms. The van der Waals surface area contributed by atoms with E-state index in [4.69, 9.17) is 4.74 Å². The maximum atomic E-state index is 12.7. The molecule has 0 N–H and O–H groups in total. The average Bonchev–Trinajstić information content (AvgIpc) is 3.08. The molecule has 1 aliphatic heterocycles. The van der Waals surface area contributed by atoms with Crippen LogP contribution in [-0.2, 0) is 16.5 Å². The van der Waals surface area contributed by atoms with Crippen molar-refractivity contribution in [3.63, 3.8) is 0 Å². The number of rotatable bonds is 4. The van der Waals surface area contributed by atoms with Crippen molar-refractivity contribution in [3.8, 4) is 5.75 Å². The van der Waals surface area contributed by atoms with Crippen LogP contribution in [0.2, 0.25) is 0 Å². The summed E-state index contributed by atoms with van der Waals surface area (Å²) in [4.78, 5) is 20.5. The molecule has 0 fully saturated rings. The Morgan fingerprint density at radius 1 is 1.12 bits per heavy atom. The van der Waals surface area contributed by atoms with Crippen molar-refractivity contribution in [1.29, 1.82) is 0 Å². The summed E-state index contributed by atoms with van der Waals surface area (Å²) in [5.74, 6) is -0.231. The van der Waals surface area contributed by atoms with E-state index in [0.29, 0.717) is 17.7 Å². The number of carbonyl (C=O) groups is 1. The number of carbonyl (C=O) groups excluding carboxylic acids is 1. The van der Waals surface area contributed by atoms with Crippen molar-refractivity contribution in [2.45, 2.75) is 25.1 Å². The van der Waals surface area contributed by atoms with Crippen LogP contribution in [0.5, 0.6) is 5.75 Å². The van der Waals surface area contributed by atoms with Crippen molar-refractivity contribution in [2.24, 2.45) is 4.99 Å². The Morgan fingerprint density at radius 3 is 2.35 bits per heavy atom. The van der Waals surface area contributed by atoms with Gasteiger partial charge in [-0.1, -0.05) is 19.1 Å². The Kier molecular flexibility index (Phi) is 4.63. The Hall–Kier alpha value is -2.96. The Morgan fingerprint density at radius 2 is 1.77 bits per heavy atom. The van der Waals surface area contributed by atoms with E-state index in [9.17, 15) is 18.0 Å². The molecule has 0 aliphatic carbocycles. The highest BCUT2D eigenvalue weighted by atomic mass is 19.4. The summed E-state index contributed by atoms with van der Waals surface area (Å²) in [7, 11) is 0. The summed E-state index contributed by atoms with van der Waals surface area (Å²) >= 11 is 0. The van der Waals surface area contributed by atoms with Crippen LogP contribution in [0.1, 0.15) is 24.5 Å². The van der Waals surface area contributed by atoms with E-state index in [1.807, 2.05) is 6.92 Å². The fraction of sp³-hybridized carbons (Fsp3) is 0.211. The zero-order valence-electron chi connectivity index (χ0n) is 13.8. The van der Waals surface area contributed by atoms with Gasteiger partial charge in [-0.25, -0.2) is 4.79 Å². The molecule has 2 aromatic rings. The predicted octanol–water partition coefficient (Wildman–Crippen LogP) is 4.32. The van der Waals surface area contributed by atoms with Crippen molar-refractivity contribution in [1.82, 2.24) is 4.98 Å². The number of esters is 1. The Bertz CT molecular complexity index is 859. The number of pyridine rings is 1. The van der Waals surface area contributed by atoms with Gasteiger partial charge in [0.2, 0.25) is 0 Å². The number of alkyl halides is 3. The van der Waals surface area contributed by atoms with E-state index in [1.54, 1.807) is 18.2 Å². The lowest BCUT2D eigenvalue weighted by Gasteiger charge is -2.23. The molecule has 0 radical (unpaired) electrons. The van der Waals surface area contributed by atoms with Crippen molar-refractivity contribution >= 4 is 12.2 Å². The van der Waals surface area contributed by atoms with Crippen LogP contribution in [0.15, 0.2) is 65.4 Å². The molecular formula is C19H15F3N2O2. The minimum Gasteiger partial charge on any atom is -0.423 e. The molecule has 1 aliphatic rings. The highest BCUT2D eigenvalue weighted by Gasteiger charge is 2.35. The third-order valence-corrected chi connectivity index (χ3v) is 4.18. The van der Waals surface area contributed by atoms with Crippen LogP contribution >= 0.6 is 0 Å². The zero-order valence-corrected chi connectivity index (χ0v) is 13.8. The van der Waals surface area contributed by atoms with Gasteiger partial charge in [-0.05, 0) is 42.3 Å². The van der Waals surface area contributed by atoms with E-state index in [-0.39, 0.29) is 5.57 Å². The standard InChI is InChI=1S/C19H15F3N2O2/c1-2-18(14-3-5-15(6-4-14)19(20,21)22)11-13(12-24-18)17(25)26-16-7-9-23-10-8-16/h3-12H,2H2,1H3. The number of benzene rings is 1. The first kappa shape index (κ1) is 17.8. The minimum absolute atomic E-state index is 0.253. The summed E-state index contributed by atoms with van der Waals surface area (Å²) in [6, 6.07) is 7.91. The molecule has 0 bridgehead atoms. The largest absolute Gasteiger partial charge is 0.423 e. The fourth-order valence-electron chi connectivity index (χ4n) is 2.70. The fourth-order valence-corrected chi connectivity index (χ4v) is 2.70. The molecule has 0 saturated carbocycles. The molecule has 1 aromatic carbocycles. The topological polar surface area (TPSA) is 51.5 Å². The van der Waals surface area contributed by atoms with Gasteiger partial charge in [0.05, 0.1) is 11.1 Å². The SMILES string of the molecule is CCC1(c2ccc(C(F)(F)F)cc2)C=C(C(=O)Oc2ccncc2)C=N1. The lowest BCUT2D eigenvalue weighted by Crippen LogP contribution is -2.19. The average molecular weight is 360 g/mol. The van der Waals surface area contributed by atoms with Crippen LogP contribution in [0, 0.1) is 0 Å². The zero-order chi connectivity index (χ0) is 18.8.